The molecule has 2 rings (SSSR count). The van der Waals surface area contributed by atoms with Crippen LogP contribution in [0.5, 0.6) is 0 Å². The van der Waals surface area contributed by atoms with Crippen LogP contribution in [0.15, 0.2) is 28.8 Å². The Morgan fingerprint density at radius 2 is 2.00 bits per heavy atom. The highest BCUT2D eigenvalue weighted by Crippen LogP contribution is 2.07. The van der Waals surface area contributed by atoms with Crippen LogP contribution in [-0.2, 0) is 19.6 Å². The fourth-order valence-corrected chi connectivity index (χ4v) is 1.64. The van der Waals surface area contributed by atoms with Crippen molar-refractivity contribution in [1.82, 2.24) is 15.0 Å². The average molecular weight is 250 g/mol. The van der Waals surface area contributed by atoms with Crippen molar-refractivity contribution in [3.8, 4) is 0 Å². The van der Waals surface area contributed by atoms with Crippen molar-refractivity contribution < 1.29 is 8.91 Å². The van der Waals surface area contributed by atoms with Crippen LogP contribution in [0.25, 0.3) is 0 Å². The standard InChI is InChI=1S/C12H15FN4O/c1-17(7-9-2-4-10(13)5-3-9)8-11-15-12(6-14)18-16-11/h2-5H,6-8,14H2,1H3. The Kier molecular flexibility index (Phi) is 4.01. The van der Waals surface area contributed by atoms with Crippen LogP contribution in [0, 0.1) is 5.82 Å². The van der Waals surface area contributed by atoms with Crippen molar-refractivity contribution in [3.05, 3.63) is 47.4 Å². The molecule has 0 aliphatic heterocycles. The van der Waals surface area contributed by atoms with Crippen LogP contribution in [0.4, 0.5) is 4.39 Å². The van der Waals surface area contributed by atoms with Gasteiger partial charge >= 0.3 is 0 Å². The SMILES string of the molecule is CN(Cc1ccc(F)cc1)Cc1noc(CN)n1. The number of nitrogens with two attached hydrogens (primary N) is 1. The summed E-state index contributed by atoms with van der Waals surface area (Å²) in [5, 5.41) is 3.81. The van der Waals surface area contributed by atoms with Gasteiger partial charge in [-0.15, -0.1) is 0 Å². The molecule has 0 unspecified atom stereocenters. The summed E-state index contributed by atoms with van der Waals surface area (Å²) in [7, 11) is 1.93. The van der Waals surface area contributed by atoms with E-state index in [1.807, 2.05) is 11.9 Å². The maximum absolute atomic E-state index is 12.8. The highest BCUT2D eigenvalue weighted by atomic mass is 19.1. The fourth-order valence-electron chi connectivity index (χ4n) is 1.64. The number of aromatic nitrogens is 2. The fraction of sp³-hybridized carbons (Fsp3) is 0.333. The Hall–Kier alpha value is -1.79. The third kappa shape index (κ3) is 3.35. The van der Waals surface area contributed by atoms with E-state index in [4.69, 9.17) is 10.3 Å². The summed E-state index contributed by atoms with van der Waals surface area (Å²) < 4.78 is 17.7. The lowest BCUT2D eigenvalue weighted by molar-refractivity contribution is 0.299. The van der Waals surface area contributed by atoms with E-state index in [0.29, 0.717) is 24.8 Å². The number of benzene rings is 1. The lowest BCUT2D eigenvalue weighted by atomic mass is 10.2. The molecule has 0 saturated carbocycles. The first-order valence-electron chi connectivity index (χ1n) is 5.62. The van der Waals surface area contributed by atoms with Crippen molar-refractivity contribution in [2.24, 2.45) is 5.73 Å². The van der Waals surface area contributed by atoms with Gasteiger partial charge in [0.2, 0.25) is 5.89 Å². The van der Waals surface area contributed by atoms with E-state index in [9.17, 15) is 4.39 Å². The van der Waals surface area contributed by atoms with E-state index in [0.717, 1.165) is 5.56 Å². The Labute approximate surface area is 104 Å². The molecule has 96 valence electrons. The molecule has 5 nitrogen and oxygen atoms in total. The van der Waals surface area contributed by atoms with Gasteiger partial charge in [-0.1, -0.05) is 17.3 Å². The van der Waals surface area contributed by atoms with Crippen LogP contribution in [0.1, 0.15) is 17.3 Å². The van der Waals surface area contributed by atoms with Crippen LogP contribution in [0.2, 0.25) is 0 Å². The molecule has 6 heteroatoms. The summed E-state index contributed by atoms with van der Waals surface area (Å²) in [5.41, 5.74) is 6.42. The molecule has 0 saturated heterocycles. The number of hydrogen-bond donors (Lipinski definition) is 1. The molecule has 0 aliphatic rings. The zero-order valence-corrected chi connectivity index (χ0v) is 10.1. The van der Waals surface area contributed by atoms with Crippen LogP contribution < -0.4 is 5.73 Å². The molecule has 1 aromatic carbocycles. The minimum Gasteiger partial charge on any atom is -0.338 e. The third-order valence-electron chi connectivity index (χ3n) is 2.46. The number of nitrogens with zero attached hydrogens (tertiary/aromatic N) is 3. The number of halogens is 1. The highest BCUT2D eigenvalue weighted by molar-refractivity contribution is 5.15. The first-order valence-corrected chi connectivity index (χ1v) is 5.62. The molecular formula is C12H15FN4O. The highest BCUT2D eigenvalue weighted by Gasteiger charge is 2.08. The van der Waals surface area contributed by atoms with Crippen molar-refractivity contribution in [2.75, 3.05) is 7.05 Å². The summed E-state index contributed by atoms with van der Waals surface area (Å²) in [6.45, 7) is 1.49. The molecular weight excluding hydrogens is 235 g/mol. The maximum atomic E-state index is 12.8. The van der Waals surface area contributed by atoms with Crippen LogP contribution >= 0.6 is 0 Å². The lowest BCUT2D eigenvalue weighted by Crippen LogP contribution is -2.18. The monoisotopic (exact) mass is 250 g/mol. The molecule has 0 amide bonds. The van der Waals surface area contributed by atoms with Gasteiger partial charge in [-0.05, 0) is 24.7 Å². The molecule has 0 fully saturated rings. The quantitative estimate of drug-likeness (QED) is 0.866. The Morgan fingerprint density at radius 3 is 2.61 bits per heavy atom. The van der Waals surface area contributed by atoms with Crippen LogP contribution in [-0.4, -0.2) is 22.1 Å². The smallest absolute Gasteiger partial charge is 0.240 e. The van der Waals surface area contributed by atoms with Crippen molar-refractivity contribution in [2.45, 2.75) is 19.6 Å². The van der Waals surface area contributed by atoms with Gasteiger partial charge in [0.05, 0.1) is 13.1 Å². The molecule has 18 heavy (non-hydrogen) atoms. The van der Waals surface area contributed by atoms with Gasteiger partial charge in [-0.25, -0.2) is 4.39 Å². The largest absolute Gasteiger partial charge is 0.338 e. The summed E-state index contributed by atoms with van der Waals surface area (Å²) >= 11 is 0. The van der Waals surface area contributed by atoms with Gasteiger partial charge in [0.1, 0.15) is 5.82 Å². The zero-order chi connectivity index (χ0) is 13.0. The second kappa shape index (κ2) is 5.70. The van der Waals surface area contributed by atoms with Crippen molar-refractivity contribution in [1.29, 1.82) is 0 Å². The molecule has 0 aliphatic carbocycles. The van der Waals surface area contributed by atoms with Crippen LogP contribution in [0.3, 0.4) is 0 Å². The molecule has 0 atom stereocenters. The second-order valence-corrected chi connectivity index (χ2v) is 4.11. The Morgan fingerprint density at radius 1 is 1.28 bits per heavy atom. The molecule has 1 aromatic heterocycles. The Balaban J connectivity index is 1.91. The predicted octanol–water partition coefficient (Wildman–Crippen LogP) is 1.30. The van der Waals surface area contributed by atoms with E-state index < -0.39 is 0 Å². The minimum atomic E-state index is -0.229. The predicted molar refractivity (Wildman–Crippen MR) is 63.8 cm³/mol. The first-order chi connectivity index (χ1) is 8.67. The van der Waals surface area contributed by atoms with E-state index in [2.05, 4.69) is 10.1 Å². The lowest BCUT2D eigenvalue weighted by Gasteiger charge is -2.14. The number of rotatable bonds is 5. The minimum absolute atomic E-state index is 0.229. The molecule has 1 heterocycles. The van der Waals surface area contributed by atoms with Gasteiger partial charge in [0.15, 0.2) is 5.82 Å². The van der Waals surface area contributed by atoms with E-state index >= 15 is 0 Å². The molecule has 0 spiro atoms. The van der Waals surface area contributed by atoms with E-state index in [1.54, 1.807) is 12.1 Å². The van der Waals surface area contributed by atoms with Crippen molar-refractivity contribution in [3.63, 3.8) is 0 Å². The molecule has 2 aromatic rings. The van der Waals surface area contributed by atoms with Gasteiger partial charge in [0.25, 0.3) is 0 Å². The topological polar surface area (TPSA) is 68.2 Å². The van der Waals surface area contributed by atoms with Gasteiger partial charge in [-0.2, -0.15) is 4.98 Å². The van der Waals surface area contributed by atoms with E-state index in [-0.39, 0.29) is 12.4 Å². The van der Waals surface area contributed by atoms with Crippen molar-refractivity contribution >= 4 is 0 Å². The summed E-state index contributed by atoms with van der Waals surface area (Å²) in [5.74, 6) is 0.799. The molecule has 0 radical (unpaired) electrons. The summed E-state index contributed by atoms with van der Waals surface area (Å²) in [4.78, 5) is 6.13. The maximum Gasteiger partial charge on any atom is 0.240 e. The second-order valence-electron chi connectivity index (χ2n) is 4.11. The molecule has 2 N–H and O–H groups in total. The Bertz CT molecular complexity index is 497. The first kappa shape index (κ1) is 12.7. The zero-order valence-electron chi connectivity index (χ0n) is 10.1. The number of hydrogen-bond acceptors (Lipinski definition) is 5. The molecule has 0 bridgehead atoms. The van der Waals surface area contributed by atoms with Gasteiger partial charge < -0.3 is 10.3 Å². The summed E-state index contributed by atoms with van der Waals surface area (Å²) in [6.07, 6.45) is 0. The van der Waals surface area contributed by atoms with Gasteiger partial charge in [0, 0.05) is 6.54 Å². The third-order valence-corrected chi connectivity index (χ3v) is 2.46. The average Bonchev–Trinajstić information content (AvgIpc) is 2.79. The van der Waals surface area contributed by atoms with E-state index in [1.165, 1.54) is 12.1 Å². The summed E-state index contributed by atoms with van der Waals surface area (Å²) in [6, 6.07) is 6.41. The van der Waals surface area contributed by atoms with Gasteiger partial charge in [-0.3, -0.25) is 4.90 Å². The normalized spacial score (nSPS) is 11.1.